The van der Waals surface area contributed by atoms with Crippen LogP contribution in [-0.2, 0) is 32.1 Å². The molecule has 0 aliphatic rings. The van der Waals surface area contributed by atoms with Gasteiger partial charge in [0.25, 0.3) is 0 Å². The molecule has 0 radical (unpaired) electrons. The molecule has 2 N–H and O–H groups in total. The van der Waals surface area contributed by atoms with E-state index < -0.39 is 18.1 Å². The van der Waals surface area contributed by atoms with Gasteiger partial charge in [0.2, 0.25) is 5.91 Å². The average Bonchev–Trinajstić information content (AvgIpc) is 2.76. The second-order valence-corrected chi connectivity index (χ2v) is 6.35. The number of ether oxygens (including phenoxy) is 2. The van der Waals surface area contributed by atoms with Gasteiger partial charge >= 0.3 is 12.1 Å². The summed E-state index contributed by atoms with van der Waals surface area (Å²) < 4.78 is 10.0. The Morgan fingerprint density at radius 3 is 2.20 bits per heavy atom. The first-order valence-corrected chi connectivity index (χ1v) is 9.70. The first kappa shape index (κ1) is 22.7. The Labute approximate surface area is 176 Å². The van der Waals surface area contributed by atoms with Gasteiger partial charge in [-0.15, -0.1) is 0 Å². The van der Waals surface area contributed by atoms with E-state index in [0.717, 1.165) is 11.1 Å². The summed E-state index contributed by atoms with van der Waals surface area (Å²) >= 11 is 0. The van der Waals surface area contributed by atoms with Crippen LogP contribution in [0.4, 0.5) is 4.79 Å². The summed E-state index contributed by atoms with van der Waals surface area (Å²) in [7, 11) is 0. The minimum atomic E-state index is -0.827. The molecule has 1 atom stereocenters. The summed E-state index contributed by atoms with van der Waals surface area (Å²) in [5, 5.41) is 5.29. The summed E-state index contributed by atoms with van der Waals surface area (Å²) in [6.45, 7) is 2.23. The maximum Gasteiger partial charge on any atom is 0.408 e. The molecule has 0 fully saturated rings. The van der Waals surface area contributed by atoms with Gasteiger partial charge in [0.15, 0.2) is 0 Å². The Hall–Kier alpha value is -3.61. The van der Waals surface area contributed by atoms with Crippen molar-refractivity contribution in [1.29, 1.82) is 0 Å². The SMILES string of the molecule is CCOC(=O)C=CCNC(=O)C(Cc1ccccc1)NC(=O)OCc1ccccc1. The molecule has 0 aliphatic heterocycles. The van der Waals surface area contributed by atoms with Gasteiger partial charge in [-0.1, -0.05) is 66.7 Å². The number of carbonyl (C=O) groups excluding carboxylic acids is 3. The van der Waals surface area contributed by atoms with E-state index >= 15 is 0 Å². The Bertz CT molecular complexity index is 837. The van der Waals surface area contributed by atoms with E-state index in [1.165, 1.54) is 12.2 Å². The summed E-state index contributed by atoms with van der Waals surface area (Å²) in [4.78, 5) is 36.1. The maximum atomic E-state index is 12.6. The molecule has 7 heteroatoms. The number of benzene rings is 2. The van der Waals surface area contributed by atoms with Gasteiger partial charge in [0, 0.05) is 19.0 Å². The van der Waals surface area contributed by atoms with Gasteiger partial charge in [0.1, 0.15) is 12.6 Å². The van der Waals surface area contributed by atoms with Crippen LogP contribution in [0.1, 0.15) is 18.1 Å². The van der Waals surface area contributed by atoms with E-state index in [9.17, 15) is 14.4 Å². The number of alkyl carbamates (subject to hydrolysis) is 1. The molecule has 30 heavy (non-hydrogen) atoms. The van der Waals surface area contributed by atoms with Gasteiger partial charge in [0.05, 0.1) is 6.61 Å². The molecule has 2 aromatic carbocycles. The standard InChI is InChI=1S/C23H26N2O5/c1-2-29-21(26)14-9-15-24-22(27)20(16-18-10-5-3-6-11-18)25-23(28)30-17-19-12-7-4-8-13-19/h3-14,20H,2,15-17H2,1H3,(H,24,27)(H,25,28). The highest BCUT2D eigenvalue weighted by Gasteiger charge is 2.21. The Kier molecular flexibility index (Phi) is 9.65. The highest BCUT2D eigenvalue weighted by molar-refractivity contribution is 5.86. The largest absolute Gasteiger partial charge is 0.463 e. The predicted octanol–water partition coefficient (Wildman–Crippen LogP) is 2.76. The van der Waals surface area contributed by atoms with Crippen molar-refractivity contribution >= 4 is 18.0 Å². The molecule has 0 spiro atoms. The van der Waals surface area contributed by atoms with Crippen LogP contribution in [0.3, 0.4) is 0 Å². The first-order valence-electron chi connectivity index (χ1n) is 9.70. The minimum absolute atomic E-state index is 0.106. The Morgan fingerprint density at radius 2 is 1.57 bits per heavy atom. The molecule has 2 aromatic rings. The Morgan fingerprint density at radius 1 is 0.933 bits per heavy atom. The number of esters is 1. The fraction of sp³-hybridized carbons (Fsp3) is 0.261. The molecular formula is C23H26N2O5. The number of rotatable bonds is 10. The van der Waals surface area contributed by atoms with Crippen molar-refractivity contribution in [1.82, 2.24) is 10.6 Å². The molecular weight excluding hydrogens is 384 g/mol. The third-order valence-electron chi connectivity index (χ3n) is 4.04. The first-order chi connectivity index (χ1) is 14.6. The lowest BCUT2D eigenvalue weighted by molar-refractivity contribution is -0.137. The van der Waals surface area contributed by atoms with Crippen LogP contribution in [-0.4, -0.2) is 37.2 Å². The van der Waals surface area contributed by atoms with E-state index in [1.54, 1.807) is 6.92 Å². The molecule has 2 amide bonds. The van der Waals surface area contributed by atoms with Crippen LogP contribution in [0.15, 0.2) is 72.8 Å². The number of nitrogens with one attached hydrogen (secondary N) is 2. The molecule has 2 rings (SSSR count). The van der Waals surface area contributed by atoms with Crippen LogP contribution in [0, 0.1) is 0 Å². The third kappa shape index (κ3) is 8.60. The molecule has 7 nitrogen and oxygen atoms in total. The highest BCUT2D eigenvalue weighted by atomic mass is 16.5. The third-order valence-corrected chi connectivity index (χ3v) is 4.04. The molecule has 158 valence electrons. The quantitative estimate of drug-likeness (QED) is 0.464. The smallest absolute Gasteiger partial charge is 0.408 e. The molecule has 1 unspecified atom stereocenters. The zero-order valence-corrected chi connectivity index (χ0v) is 16.9. The maximum absolute atomic E-state index is 12.6. The van der Waals surface area contributed by atoms with E-state index in [4.69, 9.17) is 9.47 Å². The molecule has 0 aliphatic carbocycles. The van der Waals surface area contributed by atoms with Crippen molar-refractivity contribution in [2.45, 2.75) is 26.0 Å². The van der Waals surface area contributed by atoms with Crippen molar-refractivity contribution in [3.05, 3.63) is 83.9 Å². The van der Waals surface area contributed by atoms with Crippen molar-refractivity contribution in [2.75, 3.05) is 13.2 Å². The fourth-order valence-electron chi connectivity index (χ4n) is 2.59. The summed E-state index contributed by atoms with van der Waals surface area (Å²) in [6.07, 6.45) is 2.35. The zero-order valence-electron chi connectivity index (χ0n) is 16.9. The minimum Gasteiger partial charge on any atom is -0.463 e. The Balaban J connectivity index is 1.92. The van der Waals surface area contributed by atoms with Gasteiger partial charge in [-0.3, -0.25) is 4.79 Å². The van der Waals surface area contributed by atoms with Crippen LogP contribution in [0.2, 0.25) is 0 Å². The molecule has 0 bridgehead atoms. The number of amides is 2. The number of hydrogen-bond acceptors (Lipinski definition) is 5. The number of hydrogen-bond donors (Lipinski definition) is 2. The van der Waals surface area contributed by atoms with Crippen molar-refractivity contribution in [3.8, 4) is 0 Å². The average molecular weight is 410 g/mol. The van der Waals surface area contributed by atoms with E-state index in [1.807, 2.05) is 60.7 Å². The highest BCUT2D eigenvalue weighted by Crippen LogP contribution is 2.05. The number of carbonyl (C=O) groups is 3. The fourth-order valence-corrected chi connectivity index (χ4v) is 2.59. The summed E-state index contributed by atoms with van der Waals surface area (Å²) in [5.41, 5.74) is 1.74. The van der Waals surface area contributed by atoms with Crippen LogP contribution in [0.5, 0.6) is 0 Å². The van der Waals surface area contributed by atoms with Gasteiger partial charge < -0.3 is 20.1 Å². The second-order valence-electron chi connectivity index (χ2n) is 6.35. The summed E-state index contributed by atoms with van der Waals surface area (Å²) in [5.74, 6) is -0.862. The predicted molar refractivity (Wildman–Crippen MR) is 112 cm³/mol. The second kappa shape index (κ2) is 12.8. The lowest BCUT2D eigenvalue weighted by Crippen LogP contribution is -2.48. The van der Waals surface area contributed by atoms with Gasteiger partial charge in [-0.05, 0) is 18.1 Å². The van der Waals surface area contributed by atoms with E-state index in [2.05, 4.69) is 10.6 Å². The van der Waals surface area contributed by atoms with E-state index in [0.29, 0.717) is 6.42 Å². The zero-order chi connectivity index (χ0) is 21.6. The molecule has 0 aromatic heterocycles. The summed E-state index contributed by atoms with van der Waals surface area (Å²) in [6, 6.07) is 17.8. The monoisotopic (exact) mass is 410 g/mol. The van der Waals surface area contributed by atoms with Crippen LogP contribution >= 0.6 is 0 Å². The molecule has 0 saturated heterocycles. The molecule has 0 saturated carbocycles. The topological polar surface area (TPSA) is 93.7 Å². The normalized spacial score (nSPS) is 11.5. The van der Waals surface area contributed by atoms with Gasteiger partial charge in [-0.2, -0.15) is 0 Å². The van der Waals surface area contributed by atoms with Crippen LogP contribution in [0.25, 0.3) is 0 Å². The van der Waals surface area contributed by atoms with Crippen molar-refractivity contribution < 1.29 is 23.9 Å². The molecule has 0 heterocycles. The van der Waals surface area contributed by atoms with Crippen molar-refractivity contribution in [2.24, 2.45) is 0 Å². The lowest BCUT2D eigenvalue weighted by atomic mass is 10.1. The van der Waals surface area contributed by atoms with Crippen LogP contribution < -0.4 is 10.6 Å². The van der Waals surface area contributed by atoms with Gasteiger partial charge in [-0.25, -0.2) is 9.59 Å². The van der Waals surface area contributed by atoms with E-state index in [-0.39, 0.29) is 25.7 Å². The van der Waals surface area contributed by atoms with Crippen molar-refractivity contribution in [3.63, 3.8) is 0 Å². The lowest BCUT2D eigenvalue weighted by Gasteiger charge is -2.18.